The van der Waals surface area contributed by atoms with Gasteiger partial charge in [0, 0.05) is 36.7 Å². The lowest BCUT2D eigenvalue weighted by Crippen LogP contribution is -2.37. The van der Waals surface area contributed by atoms with Crippen molar-refractivity contribution in [3.05, 3.63) is 42.2 Å². The molecule has 1 N–H and O–H groups in total. The molecule has 1 saturated heterocycles. The number of aromatic nitrogens is 2. The Morgan fingerprint density at radius 1 is 1.28 bits per heavy atom. The van der Waals surface area contributed by atoms with Gasteiger partial charge in [-0.15, -0.1) is 13.2 Å². The van der Waals surface area contributed by atoms with Crippen molar-refractivity contribution in [1.29, 1.82) is 0 Å². The average Bonchev–Trinajstić information content (AvgIpc) is 3.22. The molecule has 7 nitrogen and oxygen atoms in total. The van der Waals surface area contributed by atoms with Crippen molar-refractivity contribution in [1.82, 2.24) is 9.97 Å². The van der Waals surface area contributed by atoms with Gasteiger partial charge in [-0.3, -0.25) is 14.5 Å². The number of carboxylic acids is 1. The highest BCUT2D eigenvalue weighted by Crippen LogP contribution is 2.34. The number of halogens is 4. The van der Waals surface area contributed by atoms with Crippen LogP contribution in [0.4, 0.5) is 23.4 Å². The van der Waals surface area contributed by atoms with Crippen LogP contribution in [0.3, 0.4) is 0 Å². The van der Waals surface area contributed by atoms with Gasteiger partial charge in [0.25, 0.3) is 0 Å². The topological polar surface area (TPSA) is 88.7 Å². The maximum Gasteiger partial charge on any atom is 0.522 e. The van der Waals surface area contributed by atoms with Crippen LogP contribution in [0.1, 0.15) is 18.5 Å². The third-order valence-corrected chi connectivity index (χ3v) is 5.35. The van der Waals surface area contributed by atoms with Crippen molar-refractivity contribution >= 4 is 22.8 Å². The molecule has 11 heteroatoms. The first-order valence-electron chi connectivity index (χ1n) is 9.93. The average molecular weight is 453 g/mol. The van der Waals surface area contributed by atoms with Crippen molar-refractivity contribution in [2.45, 2.75) is 25.6 Å². The Bertz CT molecular complexity index is 1120. The highest BCUT2D eigenvalue weighted by molar-refractivity contribution is 5.85. The molecule has 0 unspecified atom stereocenters. The first-order chi connectivity index (χ1) is 15.2. The fourth-order valence-electron chi connectivity index (χ4n) is 3.74. The number of ether oxygens (including phenoxy) is 1. The molecule has 0 aliphatic carbocycles. The summed E-state index contributed by atoms with van der Waals surface area (Å²) in [5.41, 5.74) is 1.16. The number of hydrogen-bond acceptors (Lipinski definition) is 6. The minimum atomic E-state index is -4.74. The van der Waals surface area contributed by atoms with Gasteiger partial charge < -0.3 is 14.4 Å². The number of rotatable bonds is 6. The lowest BCUT2D eigenvalue weighted by molar-refractivity contribution is -0.324. The van der Waals surface area contributed by atoms with Gasteiger partial charge in [-0.25, -0.2) is 9.37 Å². The number of anilines is 1. The van der Waals surface area contributed by atoms with Crippen LogP contribution in [0, 0.1) is 11.7 Å². The van der Waals surface area contributed by atoms with Gasteiger partial charge in [0.2, 0.25) is 0 Å². The van der Waals surface area contributed by atoms with Crippen LogP contribution in [0.5, 0.6) is 0 Å². The number of carboxylic acid groups (broad SMARTS) is 1. The van der Waals surface area contributed by atoms with Crippen molar-refractivity contribution in [2.75, 3.05) is 24.6 Å². The van der Waals surface area contributed by atoms with Gasteiger partial charge in [-0.1, -0.05) is 0 Å². The molecule has 1 fully saturated rings. The summed E-state index contributed by atoms with van der Waals surface area (Å²) in [5, 5.41) is 9.77. The summed E-state index contributed by atoms with van der Waals surface area (Å²) in [5.74, 6) is -1.57. The number of piperidine rings is 1. The van der Waals surface area contributed by atoms with E-state index in [-0.39, 0.29) is 17.7 Å². The fraction of sp³-hybridized carbons (Fsp3) is 0.381. The summed E-state index contributed by atoms with van der Waals surface area (Å²) in [4.78, 5) is 22.0. The number of hydrogen-bond donors (Lipinski definition) is 1. The third-order valence-electron chi connectivity index (χ3n) is 5.35. The molecule has 0 bridgehead atoms. The molecule has 0 amide bonds. The van der Waals surface area contributed by atoms with E-state index in [1.165, 1.54) is 18.5 Å². The molecule has 32 heavy (non-hydrogen) atoms. The highest BCUT2D eigenvalue weighted by Gasteiger charge is 2.30. The Balaban J connectivity index is 1.67. The first-order valence-corrected chi connectivity index (χ1v) is 9.93. The van der Waals surface area contributed by atoms with E-state index in [0.29, 0.717) is 48.4 Å². The zero-order valence-corrected chi connectivity index (χ0v) is 16.7. The number of aliphatic carboxylic acids is 1. The zero-order chi connectivity index (χ0) is 22.9. The van der Waals surface area contributed by atoms with Gasteiger partial charge in [0.05, 0.1) is 24.5 Å². The normalized spacial score (nSPS) is 15.4. The minimum absolute atomic E-state index is 0.103. The second-order valence-electron chi connectivity index (χ2n) is 7.47. The van der Waals surface area contributed by atoms with Crippen LogP contribution < -0.4 is 4.90 Å². The smallest absolute Gasteiger partial charge is 0.481 e. The van der Waals surface area contributed by atoms with Gasteiger partial charge in [0.1, 0.15) is 5.69 Å². The van der Waals surface area contributed by atoms with Gasteiger partial charge in [-0.2, -0.15) is 0 Å². The second-order valence-corrected chi connectivity index (χ2v) is 7.47. The van der Waals surface area contributed by atoms with E-state index in [1.807, 2.05) is 4.90 Å². The van der Waals surface area contributed by atoms with E-state index >= 15 is 0 Å². The van der Waals surface area contributed by atoms with Crippen LogP contribution >= 0.6 is 0 Å². The predicted molar refractivity (Wildman–Crippen MR) is 105 cm³/mol. The fourth-order valence-corrected chi connectivity index (χ4v) is 3.74. The summed E-state index contributed by atoms with van der Waals surface area (Å²) in [6, 6.07) is 4.55. The van der Waals surface area contributed by atoms with E-state index in [0.717, 1.165) is 0 Å². The van der Waals surface area contributed by atoms with Crippen LogP contribution in [-0.4, -0.2) is 47.1 Å². The Morgan fingerprint density at radius 3 is 2.72 bits per heavy atom. The number of alkyl halides is 3. The maximum atomic E-state index is 14.5. The molecule has 1 aliphatic heterocycles. The lowest BCUT2D eigenvalue weighted by atomic mass is 9.96. The van der Waals surface area contributed by atoms with E-state index < -0.39 is 30.7 Å². The highest BCUT2D eigenvalue weighted by atomic mass is 19.4. The molecule has 4 rings (SSSR count). The Kier molecular flexibility index (Phi) is 6.00. The quantitative estimate of drug-likeness (QED) is 0.553. The molecule has 0 radical (unpaired) electrons. The molecule has 170 valence electrons. The molecular formula is C21H19F4N3O4. The first kappa shape index (κ1) is 22.0. The summed E-state index contributed by atoms with van der Waals surface area (Å²) in [6.07, 6.45) is -1.41. The molecular weight excluding hydrogens is 434 g/mol. The second kappa shape index (κ2) is 8.73. The molecule has 0 spiro atoms. The van der Waals surface area contributed by atoms with Crippen LogP contribution in [0.15, 0.2) is 35.1 Å². The summed E-state index contributed by atoms with van der Waals surface area (Å²) in [7, 11) is 0. The van der Waals surface area contributed by atoms with E-state index in [1.54, 1.807) is 12.1 Å². The van der Waals surface area contributed by atoms with Gasteiger partial charge in [0.15, 0.2) is 17.2 Å². The van der Waals surface area contributed by atoms with Crippen molar-refractivity contribution in [3.8, 4) is 11.3 Å². The summed E-state index contributed by atoms with van der Waals surface area (Å²) < 4.78 is 60.3. The minimum Gasteiger partial charge on any atom is -0.481 e. The van der Waals surface area contributed by atoms with Crippen molar-refractivity contribution < 1.29 is 36.6 Å². The number of carbonyl (C=O) groups is 1. The van der Waals surface area contributed by atoms with Crippen molar-refractivity contribution in [2.24, 2.45) is 5.92 Å². The van der Waals surface area contributed by atoms with Crippen LogP contribution in [-0.2, 0) is 16.0 Å². The van der Waals surface area contributed by atoms with Crippen LogP contribution in [0.25, 0.3) is 22.2 Å². The predicted octanol–water partition coefficient (Wildman–Crippen LogP) is 4.41. The molecule has 1 aliphatic rings. The zero-order valence-electron chi connectivity index (χ0n) is 16.7. The lowest BCUT2D eigenvalue weighted by Gasteiger charge is -2.32. The van der Waals surface area contributed by atoms with E-state index in [4.69, 9.17) is 4.42 Å². The van der Waals surface area contributed by atoms with E-state index in [9.17, 15) is 27.5 Å². The van der Waals surface area contributed by atoms with Gasteiger partial charge >= 0.3 is 12.3 Å². The molecule has 1 aromatic carbocycles. The largest absolute Gasteiger partial charge is 0.522 e. The number of benzene rings is 1. The molecule has 3 aromatic rings. The third kappa shape index (κ3) is 4.82. The van der Waals surface area contributed by atoms with Gasteiger partial charge in [-0.05, 0) is 31.0 Å². The van der Waals surface area contributed by atoms with Crippen molar-refractivity contribution in [3.63, 3.8) is 0 Å². The molecule has 3 heterocycles. The Hall–Kier alpha value is -3.21. The number of fused-ring (bicyclic) bond motifs is 1. The molecule has 0 atom stereocenters. The Morgan fingerprint density at radius 2 is 2.03 bits per heavy atom. The molecule has 0 saturated carbocycles. The maximum absolute atomic E-state index is 14.5. The summed E-state index contributed by atoms with van der Waals surface area (Å²) in [6.45, 7) is 0.128. The summed E-state index contributed by atoms with van der Waals surface area (Å²) >= 11 is 0. The SMILES string of the molecule is O=C(O)C1CCN(c2nc(CCOC(F)(F)F)cnc2-c2cc(F)c3occc3c2)CC1. The van der Waals surface area contributed by atoms with E-state index in [2.05, 4.69) is 14.7 Å². The number of nitrogens with zero attached hydrogens (tertiary/aromatic N) is 3. The number of furan rings is 1. The Labute approximate surface area is 179 Å². The standard InChI is InChI=1S/C21H19F4N3O4/c22-16-10-14(9-13-3-7-31-18(13)16)17-19(28-5-1-12(2-6-28)20(29)30)27-15(11-26-17)4-8-32-21(23,24)25/h3,7,9-12H,1-2,4-6,8H2,(H,29,30). The monoisotopic (exact) mass is 453 g/mol. The molecule has 2 aromatic heterocycles. The van der Waals surface area contributed by atoms with Crippen LogP contribution in [0.2, 0.25) is 0 Å².